The van der Waals surface area contributed by atoms with Crippen molar-refractivity contribution >= 4 is 44.7 Å². The number of fused-ring (bicyclic) bond motifs is 1. The molecule has 2 aromatic heterocycles. The highest BCUT2D eigenvalue weighted by molar-refractivity contribution is 8.01. The fourth-order valence-electron chi connectivity index (χ4n) is 2.11. The Morgan fingerprint density at radius 2 is 2.04 bits per heavy atom. The van der Waals surface area contributed by atoms with Gasteiger partial charge in [-0.15, -0.1) is 11.3 Å². The molecule has 3 aromatic rings. The van der Waals surface area contributed by atoms with E-state index in [1.54, 1.807) is 36.4 Å². The number of hydrogen-bond donors (Lipinski definition) is 2. The number of ether oxygens (including phenoxy) is 2. The Hall–Kier alpha value is -1.96. The van der Waals surface area contributed by atoms with Crippen molar-refractivity contribution in [3.05, 3.63) is 36.5 Å². The van der Waals surface area contributed by atoms with Crippen molar-refractivity contribution in [1.29, 1.82) is 0 Å². The van der Waals surface area contributed by atoms with Crippen LogP contribution < -0.4 is 16.2 Å². The van der Waals surface area contributed by atoms with Gasteiger partial charge >= 0.3 is 0 Å². The second-order valence-electron chi connectivity index (χ2n) is 4.82. The summed E-state index contributed by atoms with van der Waals surface area (Å²) in [4.78, 5) is 5.51. The average molecular weight is 347 g/mol. The summed E-state index contributed by atoms with van der Waals surface area (Å²) in [6.45, 7) is 0.968. The zero-order chi connectivity index (χ0) is 16.2. The van der Waals surface area contributed by atoms with Crippen LogP contribution in [-0.2, 0) is 4.74 Å². The number of hydrogen-bond acceptors (Lipinski definition) is 7. The first kappa shape index (κ1) is 15.9. The van der Waals surface area contributed by atoms with Crippen LogP contribution in [0.1, 0.15) is 0 Å². The van der Waals surface area contributed by atoms with Crippen LogP contribution in [-0.4, -0.2) is 25.3 Å². The number of rotatable bonds is 6. The molecule has 0 aliphatic heterocycles. The molecule has 0 saturated heterocycles. The van der Waals surface area contributed by atoms with Crippen molar-refractivity contribution in [2.24, 2.45) is 0 Å². The van der Waals surface area contributed by atoms with Gasteiger partial charge in [-0.05, 0) is 24.3 Å². The van der Waals surface area contributed by atoms with Crippen molar-refractivity contribution in [1.82, 2.24) is 4.98 Å². The molecule has 2 heterocycles. The minimum atomic E-state index is 0.453. The van der Waals surface area contributed by atoms with Crippen LogP contribution in [0.3, 0.4) is 0 Å². The number of aromatic nitrogens is 1. The van der Waals surface area contributed by atoms with Crippen LogP contribution in [0.2, 0.25) is 0 Å². The molecule has 4 N–H and O–H groups in total. The second kappa shape index (κ2) is 7.08. The fourth-order valence-corrected chi connectivity index (χ4v) is 4.10. The van der Waals surface area contributed by atoms with E-state index in [2.05, 4.69) is 4.98 Å². The van der Waals surface area contributed by atoms with Crippen LogP contribution in [0.25, 0.3) is 10.9 Å². The van der Waals surface area contributed by atoms with E-state index in [0.29, 0.717) is 24.7 Å². The van der Waals surface area contributed by atoms with E-state index < -0.39 is 0 Å². The lowest BCUT2D eigenvalue weighted by atomic mass is 10.2. The first-order valence-corrected chi connectivity index (χ1v) is 8.64. The molecule has 1 aromatic carbocycles. The molecule has 0 unspecified atom stereocenters. The van der Waals surface area contributed by atoms with Crippen molar-refractivity contribution in [2.75, 3.05) is 31.8 Å². The normalized spacial score (nSPS) is 11.0. The lowest BCUT2D eigenvalue weighted by Crippen LogP contribution is -2.06. The third kappa shape index (κ3) is 3.69. The topological polar surface area (TPSA) is 83.4 Å². The van der Waals surface area contributed by atoms with E-state index in [0.717, 1.165) is 25.0 Å². The Labute approximate surface area is 142 Å². The first-order chi connectivity index (χ1) is 11.2. The summed E-state index contributed by atoms with van der Waals surface area (Å²) >= 11 is 3.22. The molecule has 0 fully saturated rings. The molecule has 0 atom stereocenters. The van der Waals surface area contributed by atoms with Crippen LogP contribution in [0.15, 0.2) is 45.6 Å². The minimum Gasteiger partial charge on any atom is -0.489 e. The van der Waals surface area contributed by atoms with E-state index >= 15 is 0 Å². The van der Waals surface area contributed by atoms with E-state index in [1.807, 2.05) is 30.3 Å². The Balaban J connectivity index is 1.92. The first-order valence-electron chi connectivity index (χ1n) is 7.00. The minimum absolute atomic E-state index is 0.453. The molecule has 0 bridgehead atoms. The monoisotopic (exact) mass is 347 g/mol. The molecule has 5 nitrogen and oxygen atoms in total. The number of nitrogens with zero attached hydrogens (tertiary/aromatic N) is 1. The molecule has 120 valence electrons. The van der Waals surface area contributed by atoms with Gasteiger partial charge in [0.2, 0.25) is 0 Å². The van der Waals surface area contributed by atoms with E-state index in [4.69, 9.17) is 20.9 Å². The van der Waals surface area contributed by atoms with Gasteiger partial charge in [-0.3, -0.25) is 4.98 Å². The summed E-state index contributed by atoms with van der Waals surface area (Å²) in [6, 6.07) is 9.68. The maximum atomic E-state index is 6.12. The van der Waals surface area contributed by atoms with Gasteiger partial charge in [0.1, 0.15) is 12.4 Å². The molecule has 0 spiro atoms. The molecule has 7 heteroatoms. The molecule has 23 heavy (non-hydrogen) atoms. The summed E-state index contributed by atoms with van der Waals surface area (Å²) in [5.41, 5.74) is 13.3. The molecule has 0 aliphatic rings. The fraction of sp³-hybridized carbons (Fsp3) is 0.188. The van der Waals surface area contributed by atoms with Crippen LogP contribution in [0.5, 0.6) is 5.75 Å². The van der Waals surface area contributed by atoms with Gasteiger partial charge in [0.05, 0.1) is 27.0 Å². The molecular weight excluding hydrogens is 330 g/mol. The number of nitrogens with two attached hydrogens (primary N) is 2. The molecule has 0 saturated carbocycles. The number of anilines is 2. The largest absolute Gasteiger partial charge is 0.489 e. The summed E-state index contributed by atoms with van der Waals surface area (Å²) in [7, 11) is 1.63. The van der Waals surface area contributed by atoms with E-state index in [9.17, 15) is 0 Å². The third-order valence-electron chi connectivity index (χ3n) is 3.19. The summed E-state index contributed by atoms with van der Waals surface area (Å²) in [6.07, 6.45) is 1.79. The maximum Gasteiger partial charge on any atom is 0.144 e. The zero-order valence-electron chi connectivity index (χ0n) is 12.6. The van der Waals surface area contributed by atoms with E-state index in [1.165, 1.54) is 0 Å². The number of pyridine rings is 1. The molecule has 0 amide bonds. The SMILES string of the molecule is COCCOc1cc2nccc(Sc3ccc(N)s3)c2cc1N. The van der Waals surface area contributed by atoms with Gasteiger partial charge in [-0.25, -0.2) is 0 Å². The van der Waals surface area contributed by atoms with Crippen molar-refractivity contribution in [3.63, 3.8) is 0 Å². The smallest absolute Gasteiger partial charge is 0.144 e. The maximum absolute atomic E-state index is 6.12. The molecule has 0 radical (unpaired) electrons. The lowest BCUT2D eigenvalue weighted by molar-refractivity contribution is 0.147. The Kier molecular flexibility index (Phi) is 4.90. The van der Waals surface area contributed by atoms with Crippen molar-refractivity contribution in [2.45, 2.75) is 9.10 Å². The number of thiophene rings is 1. The molecular formula is C16H17N3O2S2. The highest BCUT2D eigenvalue weighted by Gasteiger charge is 2.10. The van der Waals surface area contributed by atoms with E-state index in [-0.39, 0.29) is 0 Å². The van der Waals surface area contributed by atoms with Gasteiger partial charge in [0.15, 0.2) is 0 Å². The number of benzene rings is 1. The lowest BCUT2D eigenvalue weighted by Gasteiger charge is -2.11. The number of methoxy groups -OCH3 is 1. The molecule has 0 aliphatic carbocycles. The zero-order valence-corrected chi connectivity index (χ0v) is 14.2. The van der Waals surface area contributed by atoms with Gasteiger partial charge < -0.3 is 20.9 Å². The van der Waals surface area contributed by atoms with Gasteiger partial charge in [-0.2, -0.15) is 0 Å². The Bertz CT molecular complexity index is 820. The highest BCUT2D eigenvalue weighted by atomic mass is 32.2. The predicted octanol–water partition coefficient (Wildman–Crippen LogP) is 3.64. The summed E-state index contributed by atoms with van der Waals surface area (Å²) < 4.78 is 11.8. The van der Waals surface area contributed by atoms with Crippen molar-refractivity contribution < 1.29 is 9.47 Å². The van der Waals surface area contributed by atoms with Crippen molar-refractivity contribution in [3.8, 4) is 5.75 Å². The molecule has 3 rings (SSSR count). The van der Waals surface area contributed by atoms with Gasteiger partial charge in [0, 0.05) is 29.7 Å². The summed E-state index contributed by atoms with van der Waals surface area (Å²) in [5, 5.41) is 1.81. The third-order valence-corrected chi connectivity index (χ3v) is 5.31. The predicted molar refractivity (Wildman–Crippen MR) is 96.4 cm³/mol. The van der Waals surface area contributed by atoms with Crippen LogP contribution in [0.4, 0.5) is 10.7 Å². The average Bonchev–Trinajstić information content (AvgIpc) is 2.94. The quantitative estimate of drug-likeness (QED) is 0.523. The van der Waals surface area contributed by atoms with Crippen LogP contribution in [0, 0.1) is 0 Å². The van der Waals surface area contributed by atoms with Gasteiger partial charge in [0.25, 0.3) is 0 Å². The Morgan fingerprint density at radius 3 is 2.78 bits per heavy atom. The van der Waals surface area contributed by atoms with Crippen LogP contribution >= 0.6 is 23.1 Å². The standard InChI is InChI=1S/C16H17N3O2S2/c1-20-6-7-21-13-9-12-10(8-11(13)17)14(4-5-19-12)22-16-3-2-15(18)23-16/h2-5,8-9H,6-7,17-18H2,1H3. The highest BCUT2D eigenvalue weighted by Crippen LogP contribution is 2.39. The summed E-state index contributed by atoms with van der Waals surface area (Å²) in [5.74, 6) is 0.629. The number of nitrogen functional groups attached to an aromatic ring is 2. The Morgan fingerprint density at radius 1 is 1.17 bits per heavy atom. The van der Waals surface area contributed by atoms with Gasteiger partial charge in [-0.1, -0.05) is 11.8 Å². The second-order valence-corrected chi connectivity index (χ2v) is 7.27.